The van der Waals surface area contributed by atoms with Crippen molar-refractivity contribution in [3.05, 3.63) is 42.1 Å². The molecule has 0 saturated carbocycles. The summed E-state index contributed by atoms with van der Waals surface area (Å²) < 4.78 is 33.5. The van der Waals surface area contributed by atoms with Crippen molar-refractivity contribution < 1.29 is 22.7 Å². The molecule has 1 atom stereocenters. The van der Waals surface area contributed by atoms with Crippen LogP contribution < -0.4 is 20.1 Å². The summed E-state index contributed by atoms with van der Waals surface area (Å²) in [5, 5.41) is 5.87. The molecule has 3 heterocycles. The minimum atomic E-state index is -2.95. The molecule has 0 radical (unpaired) electrons. The van der Waals surface area contributed by atoms with Crippen molar-refractivity contribution in [1.29, 1.82) is 0 Å². The van der Waals surface area contributed by atoms with E-state index in [0.717, 1.165) is 0 Å². The Morgan fingerprint density at radius 2 is 2.00 bits per heavy atom. The number of ether oxygens (including phenoxy) is 2. The van der Waals surface area contributed by atoms with Crippen LogP contribution in [-0.2, 0) is 9.84 Å². The molecule has 26 heavy (non-hydrogen) atoms. The third kappa shape index (κ3) is 3.57. The van der Waals surface area contributed by atoms with Gasteiger partial charge in [-0.25, -0.2) is 13.4 Å². The minimum absolute atomic E-state index is 0.112. The molecular formula is C17H17N3O5S. The monoisotopic (exact) mass is 375 g/mol. The molecule has 8 nitrogen and oxygen atoms in total. The van der Waals surface area contributed by atoms with Gasteiger partial charge in [-0.1, -0.05) is 0 Å². The first-order chi connectivity index (χ1) is 12.5. The highest BCUT2D eigenvalue weighted by Crippen LogP contribution is 2.34. The van der Waals surface area contributed by atoms with Gasteiger partial charge in [-0.15, -0.1) is 0 Å². The minimum Gasteiger partial charge on any atom is -0.454 e. The van der Waals surface area contributed by atoms with Gasteiger partial charge in [-0.3, -0.25) is 4.79 Å². The number of nitrogens with zero attached hydrogens (tertiary/aromatic N) is 1. The number of sulfone groups is 1. The van der Waals surface area contributed by atoms with E-state index >= 15 is 0 Å². The summed E-state index contributed by atoms with van der Waals surface area (Å²) in [6.07, 6.45) is 2.02. The average molecular weight is 375 g/mol. The average Bonchev–Trinajstić information content (AvgIpc) is 3.21. The van der Waals surface area contributed by atoms with Gasteiger partial charge in [-0.2, -0.15) is 0 Å². The molecule has 4 rings (SSSR count). The number of aromatic nitrogens is 1. The lowest BCUT2D eigenvalue weighted by molar-refractivity contribution is 0.102. The third-order valence-corrected chi connectivity index (χ3v) is 6.01. The second-order valence-corrected chi connectivity index (χ2v) is 8.43. The van der Waals surface area contributed by atoms with Crippen LogP contribution in [0, 0.1) is 0 Å². The van der Waals surface area contributed by atoms with Crippen molar-refractivity contribution in [1.82, 2.24) is 4.98 Å². The lowest BCUT2D eigenvalue weighted by Crippen LogP contribution is -2.21. The van der Waals surface area contributed by atoms with Gasteiger partial charge in [0.2, 0.25) is 6.79 Å². The molecule has 1 amide bonds. The van der Waals surface area contributed by atoms with E-state index in [2.05, 4.69) is 15.6 Å². The smallest absolute Gasteiger partial charge is 0.257 e. The van der Waals surface area contributed by atoms with Gasteiger partial charge < -0.3 is 20.1 Å². The molecule has 0 spiro atoms. The van der Waals surface area contributed by atoms with Gasteiger partial charge in [0.1, 0.15) is 5.82 Å². The fraction of sp³-hybridized carbons (Fsp3) is 0.294. The quantitative estimate of drug-likeness (QED) is 0.837. The topological polar surface area (TPSA) is 107 Å². The van der Waals surface area contributed by atoms with Crippen LogP contribution in [0.25, 0.3) is 0 Å². The largest absolute Gasteiger partial charge is 0.454 e. The van der Waals surface area contributed by atoms with Gasteiger partial charge in [0.25, 0.3) is 5.91 Å². The maximum atomic E-state index is 12.3. The van der Waals surface area contributed by atoms with E-state index in [1.807, 2.05) is 0 Å². The molecule has 136 valence electrons. The van der Waals surface area contributed by atoms with Crippen LogP contribution in [0.1, 0.15) is 16.8 Å². The molecule has 2 aliphatic heterocycles. The lowest BCUT2D eigenvalue weighted by atomic mass is 10.2. The Kier molecular flexibility index (Phi) is 4.15. The summed E-state index contributed by atoms with van der Waals surface area (Å²) in [5.74, 6) is 1.79. The first kappa shape index (κ1) is 16.6. The van der Waals surface area contributed by atoms with Crippen LogP contribution in [0.2, 0.25) is 0 Å². The molecule has 1 aromatic carbocycles. The summed E-state index contributed by atoms with van der Waals surface area (Å²) >= 11 is 0. The van der Waals surface area contributed by atoms with Gasteiger partial charge >= 0.3 is 0 Å². The predicted molar refractivity (Wildman–Crippen MR) is 95.4 cm³/mol. The number of carbonyl (C=O) groups excluding carboxylic acids is 1. The number of hydrogen-bond acceptors (Lipinski definition) is 7. The van der Waals surface area contributed by atoms with Gasteiger partial charge in [0.15, 0.2) is 21.3 Å². The molecule has 1 saturated heterocycles. The van der Waals surface area contributed by atoms with E-state index in [1.54, 1.807) is 30.3 Å². The third-order valence-electron chi connectivity index (χ3n) is 4.24. The van der Waals surface area contributed by atoms with Crippen LogP contribution in [0.3, 0.4) is 0 Å². The summed E-state index contributed by atoms with van der Waals surface area (Å²) in [6.45, 7) is 0.174. The summed E-state index contributed by atoms with van der Waals surface area (Å²) in [6, 6.07) is 8.33. The van der Waals surface area contributed by atoms with Crippen molar-refractivity contribution in [2.24, 2.45) is 0 Å². The first-order valence-corrected chi connectivity index (χ1v) is 9.95. The Morgan fingerprint density at radius 1 is 1.15 bits per heavy atom. The van der Waals surface area contributed by atoms with Crippen molar-refractivity contribution >= 4 is 27.2 Å². The molecule has 9 heteroatoms. The first-order valence-electron chi connectivity index (χ1n) is 8.12. The van der Waals surface area contributed by atoms with E-state index in [4.69, 9.17) is 9.47 Å². The second kappa shape index (κ2) is 6.49. The van der Waals surface area contributed by atoms with E-state index in [-0.39, 0.29) is 30.2 Å². The van der Waals surface area contributed by atoms with Gasteiger partial charge in [-0.05, 0) is 30.7 Å². The van der Waals surface area contributed by atoms with E-state index in [1.165, 1.54) is 6.20 Å². The molecule has 0 bridgehead atoms. The molecule has 0 aliphatic carbocycles. The Hall–Kier alpha value is -2.81. The number of anilines is 2. The number of hydrogen-bond donors (Lipinski definition) is 2. The summed E-state index contributed by atoms with van der Waals surface area (Å²) in [7, 11) is -2.95. The zero-order valence-electron chi connectivity index (χ0n) is 13.8. The zero-order valence-corrected chi connectivity index (χ0v) is 14.6. The molecular weight excluding hydrogens is 358 g/mol. The Morgan fingerprint density at radius 3 is 2.73 bits per heavy atom. The standard InChI is InChI=1S/C17H17N3O5S/c21-17(20-12-2-3-14-15(7-12)25-10-24-14)11-1-4-16(18-8-11)19-13-5-6-26(22,23)9-13/h1-4,7-8,13H,5-6,9-10H2,(H,18,19)(H,20,21). The van der Waals surface area contributed by atoms with Crippen molar-refractivity contribution in [2.45, 2.75) is 12.5 Å². The molecule has 2 aromatic rings. The summed E-state index contributed by atoms with van der Waals surface area (Å²) in [4.78, 5) is 16.5. The van der Waals surface area contributed by atoms with Gasteiger partial charge in [0, 0.05) is 24.0 Å². The molecule has 2 aliphatic rings. The Labute approximate surface area is 150 Å². The Balaban J connectivity index is 1.39. The number of nitrogens with one attached hydrogen (secondary N) is 2. The van der Waals surface area contributed by atoms with Gasteiger partial charge in [0.05, 0.1) is 17.1 Å². The van der Waals surface area contributed by atoms with E-state index in [9.17, 15) is 13.2 Å². The number of rotatable bonds is 4. The Bertz CT molecular complexity index is 943. The summed E-state index contributed by atoms with van der Waals surface area (Å²) in [5.41, 5.74) is 0.991. The molecule has 1 aromatic heterocycles. The van der Waals surface area contributed by atoms with Crippen LogP contribution in [0.4, 0.5) is 11.5 Å². The highest BCUT2D eigenvalue weighted by Gasteiger charge is 2.27. The predicted octanol–water partition coefficient (Wildman–Crippen LogP) is 1.66. The highest BCUT2D eigenvalue weighted by atomic mass is 32.2. The maximum Gasteiger partial charge on any atom is 0.257 e. The fourth-order valence-electron chi connectivity index (χ4n) is 2.91. The SMILES string of the molecule is O=C(Nc1ccc2c(c1)OCO2)c1ccc(NC2CCS(=O)(=O)C2)nc1. The van der Waals surface area contributed by atoms with Crippen LogP contribution in [0.15, 0.2) is 36.5 Å². The molecule has 2 N–H and O–H groups in total. The van der Waals surface area contributed by atoms with Crippen molar-refractivity contribution in [2.75, 3.05) is 28.9 Å². The fourth-order valence-corrected chi connectivity index (χ4v) is 4.58. The maximum absolute atomic E-state index is 12.3. The van der Waals surface area contributed by atoms with Crippen LogP contribution in [0.5, 0.6) is 11.5 Å². The normalized spacial score (nSPS) is 19.9. The van der Waals surface area contributed by atoms with Crippen LogP contribution >= 0.6 is 0 Å². The zero-order chi connectivity index (χ0) is 18.1. The van der Waals surface area contributed by atoms with Crippen molar-refractivity contribution in [3.63, 3.8) is 0 Å². The lowest BCUT2D eigenvalue weighted by Gasteiger charge is -2.12. The van der Waals surface area contributed by atoms with E-state index in [0.29, 0.717) is 35.0 Å². The number of benzene rings is 1. The number of fused-ring (bicyclic) bond motifs is 1. The van der Waals surface area contributed by atoms with Crippen LogP contribution in [-0.4, -0.2) is 43.6 Å². The van der Waals surface area contributed by atoms with Crippen molar-refractivity contribution in [3.8, 4) is 11.5 Å². The molecule has 1 fully saturated rings. The second-order valence-electron chi connectivity index (χ2n) is 6.20. The number of carbonyl (C=O) groups is 1. The molecule has 1 unspecified atom stereocenters. The highest BCUT2D eigenvalue weighted by molar-refractivity contribution is 7.91. The number of pyridine rings is 1. The van der Waals surface area contributed by atoms with E-state index < -0.39 is 9.84 Å². The number of amides is 1.